The first kappa shape index (κ1) is 11.8. The summed E-state index contributed by atoms with van der Waals surface area (Å²) in [4.78, 5) is 10.7. The van der Waals surface area contributed by atoms with Gasteiger partial charge in [0.2, 0.25) is 5.91 Å². The number of carbonyl (C=O) groups excluding carboxylic acids is 1. The molecule has 1 aromatic carbocycles. The molecule has 2 nitrogen and oxygen atoms in total. The van der Waals surface area contributed by atoms with Gasteiger partial charge in [0.15, 0.2) is 23.3 Å². The van der Waals surface area contributed by atoms with Crippen molar-refractivity contribution < 1.29 is 22.4 Å². The molecule has 0 atom stereocenters. The van der Waals surface area contributed by atoms with Crippen LogP contribution in [-0.4, -0.2) is 11.7 Å². The zero-order valence-corrected chi connectivity index (χ0v) is 8.05. The van der Waals surface area contributed by atoms with E-state index in [2.05, 4.69) is 12.6 Å². The smallest absolute Gasteiger partial charge is 0.234 e. The van der Waals surface area contributed by atoms with E-state index in [4.69, 9.17) is 0 Å². The molecule has 0 fully saturated rings. The summed E-state index contributed by atoms with van der Waals surface area (Å²) in [5.74, 6) is -7.70. The van der Waals surface area contributed by atoms with Gasteiger partial charge in [0.1, 0.15) is 5.69 Å². The minimum Gasteiger partial charge on any atom is -0.320 e. The number of hydrogen-bond donors (Lipinski definition) is 2. The zero-order chi connectivity index (χ0) is 11.6. The van der Waals surface area contributed by atoms with E-state index in [1.807, 2.05) is 0 Å². The lowest BCUT2D eigenvalue weighted by atomic mass is 10.2. The second-order valence-corrected chi connectivity index (χ2v) is 2.87. The molecule has 0 saturated heterocycles. The third-order valence-electron chi connectivity index (χ3n) is 1.52. The van der Waals surface area contributed by atoms with Gasteiger partial charge in [0, 0.05) is 6.07 Å². The standard InChI is InChI=1S/C8H5F4NOS/c9-3-1-4(10)7(12)8(6(3)11)13-5(14)2-15/h1,15H,2H2,(H,13,14). The third kappa shape index (κ3) is 2.41. The Morgan fingerprint density at radius 1 is 1.20 bits per heavy atom. The normalized spacial score (nSPS) is 10.2. The molecule has 1 rings (SSSR count). The second kappa shape index (κ2) is 4.52. The van der Waals surface area contributed by atoms with Gasteiger partial charge in [0.25, 0.3) is 0 Å². The van der Waals surface area contributed by atoms with Crippen molar-refractivity contribution >= 4 is 24.2 Å². The first-order chi connectivity index (χ1) is 6.97. The van der Waals surface area contributed by atoms with Gasteiger partial charge in [-0.2, -0.15) is 12.6 Å². The van der Waals surface area contributed by atoms with Crippen molar-refractivity contribution in [2.24, 2.45) is 0 Å². The summed E-state index contributed by atoms with van der Waals surface area (Å²) in [6, 6.07) is 0.0566. The number of anilines is 1. The quantitative estimate of drug-likeness (QED) is 0.462. The Hall–Kier alpha value is -1.24. The fourth-order valence-electron chi connectivity index (χ4n) is 0.862. The molecule has 0 aliphatic heterocycles. The lowest BCUT2D eigenvalue weighted by molar-refractivity contribution is -0.113. The SMILES string of the molecule is O=C(CS)Nc1c(F)c(F)cc(F)c1F. The molecule has 15 heavy (non-hydrogen) atoms. The fraction of sp³-hybridized carbons (Fsp3) is 0.125. The minimum atomic E-state index is -1.65. The van der Waals surface area contributed by atoms with Crippen LogP contribution in [0.25, 0.3) is 0 Å². The zero-order valence-electron chi connectivity index (χ0n) is 7.15. The molecule has 0 aliphatic rings. The minimum absolute atomic E-state index is 0.0566. The van der Waals surface area contributed by atoms with Crippen LogP contribution >= 0.6 is 12.6 Å². The van der Waals surface area contributed by atoms with Crippen molar-refractivity contribution in [3.63, 3.8) is 0 Å². The highest BCUT2D eigenvalue weighted by Crippen LogP contribution is 2.23. The van der Waals surface area contributed by atoms with Crippen molar-refractivity contribution in [3.8, 4) is 0 Å². The predicted molar refractivity (Wildman–Crippen MR) is 48.8 cm³/mol. The Labute approximate surface area is 87.7 Å². The first-order valence-corrected chi connectivity index (χ1v) is 4.34. The number of halogens is 4. The van der Waals surface area contributed by atoms with Crippen LogP contribution in [0.1, 0.15) is 0 Å². The van der Waals surface area contributed by atoms with E-state index in [1.165, 1.54) is 0 Å². The third-order valence-corrected chi connectivity index (χ3v) is 1.81. The van der Waals surface area contributed by atoms with Gasteiger partial charge < -0.3 is 5.32 Å². The van der Waals surface area contributed by atoms with Crippen molar-refractivity contribution in [2.75, 3.05) is 11.1 Å². The van der Waals surface area contributed by atoms with E-state index in [1.54, 1.807) is 5.32 Å². The van der Waals surface area contributed by atoms with E-state index >= 15 is 0 Å². The molecular formula is C8H5F4NOS. The number of thiol groups is 1. The summed E-state index contributed by atoms with van der Waals surface area (Å²) in [6.07, 6.45) is 0. The topological polar surface area (TPSA) is 29.1 Å². The van der Waals surface area contributed by atoms with E-state index in [-0.39, 0.29) is 11.8 Å². The van der Waals surface area contributed by atoms with Gasteiger partial charge in [-0.15, -0.1) is 0 Å². The first-order valence-electron chi connectivity index (χ1n) is 3.71. The summed E-state index contributed by atoms with van der Waals surface area (Å²) in [6.45, 7) is 0. The number of benzene rings is 1. The summed E-state index contributed by atoms with van der Waals surface area (Å²) in [7, 11) is 0. The summed E-state index contributed by atoms with van der Waals surface area (Å²) in [5, 5.41) is 1.66. The highest BCUT2D eigenvalue weighted by molar-refractivity contribution is 7.81. The maximum atomic E-state index is 12.9. The van der Waals surface area contributed by atoms with Crippen molar-refractivity contribution in [2.45, 2.75) is 0 Å². The molecule has 0 heterocycles. The van der Waals surface area contributed by atoms with E-state index in [0.29, 0.717) is 0 Å². The summed E-state index contributed by atoms with van der Waals surface area (Å²) in [5.41, 5.74) is -1.15. The van der Waals surface area contributed by atoms with Crippen LogP contribution in [0.3, 0.4) is 0 Å². The second-order valence-electron chi connectivity index (χ2n) is 2.55. The van der Waals surface area contributed by atoms with Gasteiger partial charge in [-0.05, 0) is 0 Å². The largest absolute Gasteiger partial charge is 0.320 e. The number of hydrogen-bond acceptors (Lipinski definition) is 2. The molecule has 1 N–H and O–H groups in total. The van der Waals surface area contributed by atoms with Crippen LogP contribution in [-0.2, 0) is 4.79 Å². The Kier molecular flexibility index (Phi) is 3.57. The van der Waals surface area contributed by atoms with Gasteiger partial charge in [-0.3, -0.25) is 4.79 Å². The number of amides is 1. The van der Waals surface area contributed by atoms with Crippen LogP contribution in [0.5, 0.6) is 0 Å². The molecule has 1 amide bonds. The molecule has 0 spiro atoms. The molecule has 0 bridgehead atoms. The average Bonchev–Trinajstić information content (AvgIpc) is 2.21. The van der Waals surface area contributed by atoms with Gasteiger partial charge in [0.05, 0.1) is 5.75 Å². The van der Waals surface area contributed by atoms with Crippen LogP contribution in [0.15, 0.2) is 6.07 Å². The summed E-state index contributed by atoms with van der Waals surface area (Å²) >= 11 is 3.52. The molecule has 0 aromatic heterocycles. The Balaban J connectivity index is 3.21. The summed E-state index contributed by atoms with van der Waals surface area (Å²) < 4.78 is 51.1. The average molecular weight is 239 g/mol. The van der Waals surface area contributed by atoms with Gasteiger partial charge >= 0.3 is 0 Å². The lowest BCUT2D eigenvalue weighted by Gasteiger charge is -2.07. The lowest BCUT2D eigenvalue weighted by Crippen LogP contribution is -2.16. The molecule has 0 unspecified atom stereocenters. The fourth-order valence-corrected chi connectivity index (χ4v) is 0.941. The van der Waals surface area contributed by atoms with Crippen LogP contribution < -0.4 is 5.32 Å². The molecule has 7 heteroatoms. The number of carbonyl (C=O) groups is 1. The highest BCUT2D eigenvalue weighted by Gasteiger charge is 2.20. The molecule has 82 valence electrons. The monoisotopic (exact) mass is 239 g/mol. The van der Waals surface area contributed by atoms with Crippen LogP contribution in [0, 0.1) is 23.3 Å². The molecule has 0 saturated carbocycles. The Morgan fingerprint density at radius 3 is 2.07 bits per heavy atom. The Bertz CT molecular complexity index is 384. The Morgan fingerprint density at radius 2 is 1.67 bits per heavy atom. The molecular weight excluding hydrogens is 234 g/mol. The van der Waals surface area contributed by atoms with Crippen molar-refractivity contribution in [1.29, 1.82) is 0 Å². The number of nitrogens with one attached hydrogen (secondary N) is 1. The van der Waals surface area contributed by atoms with Crippen LogP contribution in [0.4, 0.5) is 23.2 Å². The van der Waals surface area contributed by atoms with Crippen LogP contribution in [0.2, 0.25) is 0 Å². The van der Waals surface area contributed by atoms with E-state index in [9.17, 15) is 22.4 Å². The van der Waals surface area contributed by atoms with Crippen molar-refractivity contribution in [1.82, 2.24) is 0 Å². The maximum absolute atomic E-state index is 12.9. The number of rotatable bonds is 2. The predicted octanol–water partition coefficient (Wildman–Crippen LogP) is 2.11. The van der Waals surface area contributed by atoms with Gasteiger partial charge in [-0.1, -0.05) is 0 Å². The van der Waals surface area contributed by atoms with E-state index in [0.717, 1.165) is 0 Å². The molecule has 1 aromatic rings. The molecule has 0 radical (unpaired) electrons. The highest BCUT2D eigenvalue weighted by atomic mass is 32.1. The van der Waals surface area contributed by atoms with Crippen molar-refractivity contribution in [3.05, 3.63) is 29.3 Å². The van der Waals surface area contributed by atoms with E-state index < -0.39 is 34.9 Å². The molecule has 0 aliphatic carbocycles. The maximum Gasteiger partial charge on any atom is 0.234 e. The van der Waals surface area contributed by atoms with Gasteiger partial charge in [-0.25, -0.2) is 17.6 Å².